The van der Waals surface area contributed by atoms with E-state index in [0.717, 1.165) is 23.3 Å². The van der Waals surface area contributed by atoms with Crippen LogP contribution in [0.4, 0.5) is 5.69 Å². The van der Waals surface area contributed by atoms with Crippen molar-refractivity contribution < 1.29 is 4.79 Å². The van der Waals surface area contributed by atoms with Crippen molar-refractivity contribution in [2.45, 2.75) is 6.54 Å². The number of hydrogen-bond acceptors (Lipinski definition) is 4. The smallest absolute Gasteiger partial charge is 0.331 e. The van der Waals surface area contributed by atoms with Gasteiger partial charge in [-0.1, -0.05) is 30.3 Å². The Morgan fingerprint density at radius 3 is 2.25 bits per heavy atom. The summed E-state index contributed by atoms with van der Waals surface area (Å²) < 4.78 is 2.45. The number of benzene rings is 2. The number of carbonyl (C=O) groups excluding carboxylic acids is 1. The molecule has 0 unspecified atom stereocenters. The fraction of sp³-hybridized carbons (Fsp3) is 0.286. The van der Waals surface area contributed by atoms with E-state index in [2.05, 4.69) is 17.0 Å². The van der Waals surface area contributed by atoms with Gasteiger partial charge in [-0.05, 0) is 24.3 Å². The SMILES string of the molecule is Cn1c(=O)n(CC(=O)N2CCN(c3ccccc3)CC2)c(=O)c2ccccc21. The number of rotatable bonds is 3. The van der Waals surface area contributed by atoms with Gasteiger partial charge in [0, 0.05) is 38.9 Å². The predicted molar refractivity (Wildman–Crippen MR) is 109 cm³/mol. The van der Waals surface area contributed by atoms with E-state index in [4.69, 9.17) is 0 Å². The Hall–Kier alpha value is -3.35. The highest BCUT2D eigenvalue weighted by Crippen LogP contribution is 2.15. The molecule has 0 spiro atoms. The largest absolute Gasteiger partial charge is 0.368 e. The van der Waals surface area contributed by atoms with E-state index in [1.807, 2.05) is 18.2 Å². The molecule has 0 N–H and O–H groups in total. The molecule has 1 aromatic heterocycles. The van der Waals surface area contributed by atoms with E-state index < -0.39 is 11.2 Å². The zero-order valence-corrected chi connectivity index (χ0v) is 15.7. The van der Waals surface area contributed by atoms with E-state index in [-0.39, 0.29) is 12.5 Å². The second-order valence-electron chi connectivity index (χ2n) is 6.95. The molecule has 1 aliphatic rings. The molecule has 144 valence electrons. The second kappa shape index (κ2) is 7.34. The Kier molecular flexibility index (Phi) is 4.73. The van der Waals surface area contributed by atoms with Crippen molar-refractivity contribution in [3.63, 3.8) is 0 Å². The van der Waals surface area contributed by atoms with E-state index in [1.165, 1.54) is 4.57 Å². The van der Waals surface area contributed by atoms with Crippen molar-refractivity contribution in [3.8, 4) is 0 Å². The molecule has 0 aliphatic carbocycles. The van der Waals surface area contributed by atoms with E-state index in [0.29, 0.717) is 24.0 Å². The molecule has 2 heterocycles. The molecule has 7 heteroatoms. The highest BCUT2D eigenvalue weighted by molar-refractivity contribution is 5.79. The molecule has 1 amide bonds. The predicted octanol–water partition coefficient (Wildman–Crippen LogP) is 1.05. The minimum absolute atomic E-state index is 0.206. The summed E-state index contributed by atoms with van der Waals surface area (Å²) in [7, 11) is 1.61. The molecular weight excluding hydrogens is 356 g/mol. The first kappa shape index (κ1) is 18.0. The summed E-state index contributed by atoms with van der Waals surface area (Å²) in [5.74, 6) is -0.206. The van der Waals surface area contributed by atoms with Gasteiger partial charge in [-0.25, -0.2) is 4.79 Å². The number of hydrogen-bond donors (Lipinski definition) is 0. The van der Waals surface area contributed by atoms with Crippen LogP contribution in [0.15, 0.2) is 64.2 Å². The molecule has 1 saturated heterocycles. The maximum absolute atomic E-state index is 12.8. The lowest BCUT2D eigenvalue weighted by molar-refractivity contribution is -0.132. The summed E-state index contributed by atoms with van der Waals surface area (Å²) in [5, 5.41) is 0.436. The first-order valence-electron chi connectivity index (χ1n) is 9.32. The standard InChI is InChI=1S/C21H22N4O3/c1-22-18-10-6-5-9-17(18)20(27)25(21(22)28)15-19(26)24-13-11-23(12-14-24)16-7-3-2-4-8-16/h2-10H,11-15H2,1H3. The number of aryl methyl sites for hydroxylation is 1. The van der Waals surface area contributed by atoms with Crippen LogP contribution in [0.1, 0.15) is 0 Å². The van der Waals surface area contributed by atoms with Crippen molar-refractivity contribution >= 4 is 22.5 Å². The van der Waals surface area contributed by atoms with Crippen molar-refractivity contribution in [1.82, 2.24) is 14.0 Å². The van der Waals surface area contributed by atoms with Crippen LogP contribution in [-0.4, -0.2) is 46.1 Å². The lowest BCUT2D eigenvalue weighted by atomic mass is 10.2. The van der Waals surface area contributed by atoms with Crippen LogP contribution < -0.4 is 16.1 Å². The van der Waals surface area contributed by atoms with E-state index >= 15 is 0 Å². The molecule has 4 rings (SSSR count). The number of amides is 1. The Bertz CT molecular complexity index is 1130. The quantitative estimate of drug-likeness (QED) is 0.683. The monoisotopic (exact) mass is 378 g/mol. The minimum atomic E-state index is -0.472. The number of nitrogens with zero attached hydrogens (tertiary/aromatic N) is 4. The number of para-hydroxylation sites is 2. The van der Waals surface area contributed by atoms with Crippen LogP contribution in [0.5, 0.6) is 0 Å². The third-order valence-corrected chi connectivity index (χ3v) is 5.31. The third-order valence-electron chi connectivity index (χ3n) is 5.31. The molecule has 1 fully saturated rings. The summed E-state index contributed by atoms with van der Waals surface area (Å²) in [6.45, 7) is 2.34. The molecule has 1 aliphatic heterocycles. The average Bonchev–Trinajstić information content (AvgIpc) is 2.76. The summed E-state index contributed by atoms with van der Waals surface area (Å²) in [6.07, 6.45) is 0. The van der Waals surface area contributed by atoms with Crippen LogP contribution in [0.2, 0.25) is 0 Å². The van der Waals surface area contributed by atoms with Crippen molar-refractivity contribution in [2.24, 2.45) is 7.05 Å². The molecule has 0 bridgehead atoms. The molecule has 0 atom stereocenters. The normalized spacial score (nSPS) is 14.5. The van der Waals surface area contributed by atoms with Gasteiger partial charge < -0.3 is 9.80 Å². The maximum atomic E-state index is 12.8. The van der Waals surface area contributed by atoms with Gasteiger partial charge in [0.1, 0.15) is 6.54 Å². The van der Waals surface area contributed by atoms with E-state index in [9.17, 15) is 14.4 Å². The zero-order valence-electron chi connectivity index (χ0n) is 15.7. The first-order valence-corrected chi connectivity index (χ1v) is 9.32. The topological polar surface area (TPSA) is 67.6 Å². The fourth-order valence-corrected chi connectivity index (χ4v) is 3.69. The highest BCUT2D eigenvalue weighted by Gasteiger charge is 2.23. The highest BCUT2D eigenvalue weighted by atomic mass is 16.2. The maximum Gasteiger partial charge on any atom is 0.331 e. The summed E-state index contributed by atoms with van der Waals surface area (Å²) in [4.78, 5) is 42.0. The molecule has 0 saturated carbocycles. The number of piperazine rings is 1. The number of carbonyl (C=O) groups is 1. The summed E-state index contributed by atoms with van der Waals surface area (Å²) in [6, 6.07) is 17.0. The Labute approximate surface area is 162 Å². The van der Waals surface area contributed by atoms with Gasteiger partial charge >= 0.3 is 5.69 Å². The molecule has 28 heavy (non-hydrogen) atoms. The van der Waals surface area contributed by atoms with Gasteiger partial charge in [0.25, 0.3) is 5.56 Å². The number of fused-ring (bicyclic) bond motifs is 1. The molecular formula is C21H22N4O3. The molecule has 7 nitrogen and oxygen atoms in total. The van der Waals surface area contributed by atoms with E-state index in [1.54, 1.807) is 36.2 Å². The third kappa shape index (κ3) is 3.19. The van der Waals surface area contributed by atoms with Crippen LogP contribution >= 0.6 is 0 Å². The average molecular weight is 378 g/mol. The first-order chi connectivity index (χ1) is 13.6. The van der Waals surface area contributed by atoms with Gasteiger partial charge in [-0.15, -0.1) is 0 Å². The van der Waals surface area contributed by atoms with Crippen molar-refractivity contribution in [3.05, 3.63) is 75.4 Å². The zero-order chi connectivity index (χ0) is 19.7. The van der Waals surface area contributed by atoms with Gasteiger partial charge in [-0.2, -0.15) is 0 Å². The fourth-order valence-electron chi connectivity index (χ4n) is 3.69. The van der Waals surface area contributed by atoms with Crippen molar-refractivity contribution in [2.75, 3.05) is 31.1 Å². The number of anilines is 1. The minimum Gasteiger partial charge on any atom is -0.368 e. The van der Waals surface area contributed by atoms with Crippen LogP contribution in [0, 0.1) is 0 Å². The lowest BCUT2D eigenvalue weighted by Crippen LogP contribution is -2.51. The van der Waals surface area contributed by atoms with Gasteiger partial charge in [0.15, 0.2) is 0 Å². The lowest BCUT2D eigenvalue weighted by Gasteiger charge is -2.36. The van der Waals surface area contributed by atoms with Gasteiger partial charge in [-0.3, -0.25) is 18.7 Å². The Balaban J connectivity index is 1.52. The van der Waals surface area contributed by atoms with Crippen molar-refractivity contribution in [1.29, 1.82) is 0 Å². The van der Waals surface area contributed by atoms with Gasteiger partial charge in [0.05, 0.1) is 10.9 Å². The van der Waals surface area contributed by atoms with Crippen LogP contribution in [-0.2, 0) is 18.4 Å². The van der Waals surface area contributed by atoms with Crippen LogP contribution in [0.25, 0.3) is 10.9 Å². The summed E-state index contributed by atoms with van der Waals surface area (Å²) in [5.41, 5.74) is 0.807. The summed E-state index contributed by atoms with van der Waals surface area (Å²) >= 11 is 0. The number of aromatic nitrogens is 2. The molecule has 0 radical (unpaired) electrons. The van der Waals surface area contributed by atoms with Crippen LogP contribution in [0.3, 0.4) is 0 Å². The Morgan fingerprint density at radius 1 is 0.893 bits per heavy atom. The van der Waals surface area contributed by atoms with Gasteiger partial charge in [0.2, 0.25) is 5.91 Å². The Morgan fingerprint density at radius 2 is 1.54 bits per heavy atom. The second-order valence-corrected chi connectivity index (χ2v) is 6.95. The molecule has 2 aromatic carbocycles. The molecule has 3 aromatic rings.